The largest absolute Gasteiger partial charge is 0.271 e. The second kappa shape index (κ2) is 6.24. The van der Waals surface area contributed by atoms with Gasteiger partial charge in [0.05, 0.1) is 5.75 Å². The van der Waals surface area contributed by atoms with Gasteiger partial charge in [-0.25, -0.2) is 8.42 Å². The number of hydrazine groups is 1. The molecule has 0 heterocycles. The Morgan fingerprint density at radius 3 is 2.35 bits per heavy atom. The van der Waals surface area contributed by atoms with Crippen LogP contribution in [0.2, 0.25) is 0 Å². The van der Waals surface area contributed by atoms with Crippen LogP contribution in [0.5, 0.6) is 0 Å². The van der Waals surface area contributed by atoms with Crippen molar-refractivity contribution in [3.05, 3.63) is 35.9 Å². The molecule has 0 bridgehead atoms. The molecule has 0 aliphatic heterocycles. The molecule has 20 heavy (non-hydrogen) atoms. The number of nitrogens with one attached hydrogen (secondary N) is 1. The average molecular weight is 296 g/mol. The summed E-state index contributed by atoms with van der Waals surface area (Å²) in [5, 5.41) is 0. The number of sulfone groups is 1. The quantitative estimate of drug-likeness (QED) is 0.620. The van der Waals surface area contributed by atoms with Crippen molar-refractivity contribution in [2.45, 2.75) is 43.6 Å². The number of benzene rings is 1. The van der Waals surface area contributed by atoms with E-state index in [1.54, 1.807) is 0 Å². The first-order chi connectivity index (χ1) is 9.48. The first kappa shape index (κ1) is 15.5. The van der Waals surface area contributed by atoms with Crippen LogP contribution in [0.25, 0.3) is 0 Å². The van der Waals surface area contributed by atoms with Crippen LogP contribution in [-0.4, -0.2) is 26.5 Å². The predicted octanol–water partition coefficient (Wildman–Crippen LogP) is 1.77. The van der Waals surface area contributed by atoms with Crippen LogP contribution >= 0.6 is 0 Å². The molecule has 1 aliphatic carbocycles. The van der Waals surface area contributed by atoms with Crippen molar-refractivity contribution in [3.8, 4) is 0 Å². The van der Waals surface area contributed by atoms with Crippen LogP contribution in [-0.2, 0) is 15.3 Å². The molecule has 112 valence electrons. The highest BCUT2D eigenvalue weighted by Crippen LogP contribution is 2.44. The number of nitrogens with two attached hydrogens (primary N) is 1. The smallest absolute Gasteiger partial charge is 0.147 e. The van der Waals surface area contributed by atoms with Crippen LogP contribution in [0.1, 0.15) is 37.7 Å². The van der Waals surface area contributed by atoms with E-state index in [1.807, 2.05) is 18.2 Å². The summed E-state index contributed by atoms with van der Waals surface area (Å²) in [5.74, 6) is 5.94. The van der Waals surface area contributed by atoms with Crippen LogP contribution in [0.3, 0.4) is 0 Å². The number of hydrogen-bond acceptors (Lipinski definition) is 4. The molecule has 1 fully saturated rings. The summed E-state index contributed by atoms with van der Waals surface area (Å²) in [7, 11) is -2.96. The SMILES string of the molecule is CS(=O)(=O)CCC(NN)C1(c2ccccc2)CCCC1. The lowest BCUT2D eigenvalue weighted by molar-refractivity contribution is 0.291. The normalized spacial score (nSPS) is 19.9. The minimum absolute atomic E-state index is 0.00197. The maximum absolute atomic E-state index is 11.4. The van der Waals surface area contributed by atoms with Gasteiger partial charge in [0.15, 0.2) is 0 Å². The Labute approximate surface area is 121 Å². The Morgan fingerprint density at radius 2 is 1.85 bits per heavy atom. The van der Waals surface area contributed by atoms with E-state index >= 15 is 0 Å². The first-order valence-electron chi connectivity index (χ1n) is 7.17. The molecule has 0 aromatic heterocycles. The Morgan fingerprint density at radius 1 is 1.25 bits per heavy atom. The molecule has 1 saturated carbocycles. The van der Waals surface area contributed by atoms with Crippen molar-refractivity contribution in [1.82, 2.24) is 5.43 Å². The van der Waals surface area contributed by atoms with Crippen LogP contribution < -0.4 is 11.3 Å². The molecule has 1 aliphatic rings. The highest BCUT2D eigenvalue weighted by Gasteiger charge is 2.42. The fraction of sp³-hybridized carbons (Fsp3) is 0.600. The van der Waals surface area contributed by atoms with Crippen molar-refractivity contribution in [2.75, 3.05) is 12.0 Å². The molecule has 0 radical (unpaired) electrons. The summed E-state index contributed by atoms with van der Waals surface area (Å²) < 4.78 is 22.9. The zero-order chi connectivity index (χ0) is 14.6. The predicted molar refractivity (Wildman–Crippen MR) is 82.0 cm³/mol. The molecule has 4 nitrogen and oxygen atoms in total. The van der Waals surface area contributed by atoms with E-state index in [9.17, 15) is 8.42 Å². The van der Waals surface area contributed by atoms with E-state index in [1.165, 1.54) is 24.7 Å². The molecular formula is C15H24N2O2S. The molecule has 1 unspecified atom stereocenters. The second-order valence-corrected chi connectivity index (χ2v) is 8.13. The summed E-state index contributed by atoms with van der Waals surface area (Å²) in [5.41, 5.74) is 4.14. The fourth-order valence-electron chi connectivity index (χ4n) is 3.47. The summed E-state index contributed by atoms with van der Waals surface area (Å²) >= 11 is 0. The van der Waals surface area contributed by atoms with Gasteiger partial charge in [-0.15, -0.1) is 0 Å². The van der Waals surface area contributed by atoms with Crippen molar-refractivity contribution in [3.63, 3.8) is 0 Å². The summed E-state index contributed by atoms with van der Waals surface area (Å²) in [6.45, 7) is 0. The first-order valence-corrected chi connectivity index (χ1v) is 9.23. The molecule has 1 aromatic rings. The van der Waals surface area contributed by atoms with Gasteiger partial charge < -0.3 is 0 Å². The Bertz CT molecular complexity index is 522. The summed E-state index contributed by atoms with van der Waals surface area (Å²) in [6, 6.07) is 10.4. The summed E-state index contributed by atoms with van der Waals surface area (Å²) in [6.07, 6.45) is 6.32. The van der Waals surface area contributed by atoms with Crippen LogP contribution in [0, 0.1) is 0 Å². The molecule has 3 N–H and O–H groups in total. The lowest BCUT2D eigenvalue weighted by atomic mass is 9.72. The Kier molecular flexibility index (Phi) is 4.83. The van der Waals surface area contributed by atoms with Gasteiger partial charge in [-0.1, -0.05) is 43.2 Å². The minimum Gasteiger partial charge on any atom is -0.271 e. The highest BCUT2D eigenvalue weighted by atomic mass is 32.2. The molecular weight excluding hydrogens is 272 g/mol. The summed E-state index contributed by atoms with van der Waals surface area (Å²) in [4.78, 5) is 0. The van der Waals surface area contributed by atoms with Gasteiger partial charge in [0.1, 0.15) is 9.84 Å². The monoisotopic (exact) mass is 296 g/mol. The minimum atomic E-state index is -2.96. The van der Waals surface area contributed by atoms with E-state index < -0.39 is 9.84 Å². The van der Waals surface area contributed by atoms with Crippen molar-refractivity contribution in [1.29, 1.82) is 0 Å². The van der Waals surface area contributed by atoms with Gasteiger partial charge in [-0.3, -0.25) is 11.3 Å². The number of rotatable bonds is 6. The maximum atomic E-state index is 11.4. The van der Waals surface area contributed by atoms with Crippen molar-refractivity contribution < 1.29 is 8.42 Å². The van der Waals surface area contributed by atoms with Gasteiger partial charge in [0.2, 0.25) is 0 Å². The van der Waals surface area contributed by atoms with E-state index in [0.29, 0.717) is 6.42 Å². The molecule has 0 amide bonds. The van der Waals surface area contributed by atoms with Gasteiger partial charge in [-0.2, -0.15) is 0 Å². The van der Waals surface area contributed by atoms with Gasteiger partial charge >= 0.3 is 0 Å². The molecule has 1 atom stereocenters. The Balaban J connectivity index is 2.26. The van der Waals surface area contributed by atoms with Gasteiger partial charge in [0, 0.05) is 17.7 Å². The standard InChI is InChI=1S/C15H24N2O2S/c1-20(18,19)12-9-14(17-16)15(10-5-6-11-15)13-7-3-2-4-8-13/h2-4,7-8,14,17H,5-6,9-12,16H2,1H3. The van der Waals surface area contributed by atoms with E-state index in [4.69, 9.17) is 5.84 Å². The second-order valence-electron chi connectivity index (χ2n) is 5.87. The fourth-order valence-corrected chi connectivity index (χ4v) is 4.13. The van der Waals surface area contributed by atoms with Gasteiger partial charge in [0.25, 0.3) is 0 Å². The molecule has 0 spiro atoms. The lowest BCUT2D eigenvalue weighted by Crippen LogP contribution is -2.50. The third kappa shape index (κ3) is 3.40. The topological polar surface area (TPSA) is 72.2 Å². The van der Waals surface area contributed by atoms with Crippen LogP contribution in [0.15, 0.2) is 30.3 Å². The van der Waals surface area contributed by atoms with E-state index in [2.05, 4.69) is 17.6 Å². The van der Waals surface area contributed by atoms with E-state index in [-0.39, 0.29) is 17.2 Å². The number of hydrogen-bond donors (Lipinski definition) is 2. The zero-order valence-electron chi connectivity index (χ0n) is 12.0. The van der Waals surface area contributed by atoms with Crippen molar-refractivity contribution >= 4 is 9.84 Å². The third-order valence-corrected chi connectivity index (χ3v) is 5.47. The van der Waals surface area contributed by atoms with Gasteiger partial charge in [-0.05, 0) is 24.8 Å². The molecule has 1 aromatic carbocycles. The Hall–Kier alpha value is -0.910. The van der Waals surface area contributed by atoms with E-state index in [0.717, 1.165) is 12.8 Å². The average Bonchev–Trinajstić information content (AvgIpc) is 2.90. The lowest BCUT2D eigenvalue weighted by Gasteiger charge is -2.38. The molecule has 2 rings (SSSR count). The van der Waals surface area contributed by atoms with Crippen molar-refractivity contribution in [2.24, 2.45) is 5.84 Å². The van der Waals surface area contributed by atoms with Crippen LogP contribution in [0.4, 0.5) is 0 Å². The molecule has 0 saturated heterocycles. The third-order valence-electron chi connectivity index (χ3n) is 4.49. The molecule has 5 heteroatoms. The zero-order valence-corrected chi connectivity index (χ0v) is 12.8. The highest BCUT2D eigenvalue weighted by molar-refractivity contribution is 7.90. The maximum Gasteiger partial charge on any atom is 0.147 e.